The van der Waals surface area contributed by atoms with Gasteiger partial charge in [-0.05, 0) is 19.1 Å². The third-order valence-corrected chi connectivity index (χ3v) is 4.75. The van der Waals surface area contributed by atoms with E-state index in [2.05, 4.69) is 32.9 Å². The third-order valence-electron chi connectivity index (χ3n) is 4.75. The van der Waals surface area contributed by atoms with Crippen LogP contribution >= 0.6 is 0 Å². The Hall–Kier alpha value is -3.02. The predicted octanol–water partition coefficient (Wildman–Crippen LogP) is 3.46. The molecule has 1 saturated heterocycles. The Morgan fingerprint density at radius 1 is 1.04 bits per heavy atom. The van der Waals surface area contributed by atoms with Crippen molar-refractivity contribution < 1.29 is 9.26 Å². The highest BCUT2D eigenvalue weighted by Gasteiger charge is 2.28. The first kappa shape index (κ1) is 16.4. The lowest BCUT2D eigenvalue weighted by molar-refractivity contribution is 0.391. The smallest absolute Gasteiger partial charge is 0.324 e. The molecule has 0 bridgehead atoms. The standard InChI is InChI=1S/C20H22N4O2/c1-15-14-23(17-10-6-7-11-18(17)25-2)12-13-24(15)20-21-19(22-26-20)16-8-4-3-5-9-16/h3-11,15H,12-14H2,1-2H3/t15-/m1/s1. The van der Waals surface area contributed by atoms with Crippen LogP contribution in [0.3, 0.4) is 0 Å². The molecular formula is C20H22N4O2. The Bertz CT molecular complexity index is 865. The fourth-order valence-corrected chi connectivity index (χ4v) is 3.39. The number of ether oxygens (including phenoxy) is 1. The van der Waals surface area contributed by atoms with Crippen molar-refractivity contribution in [3.05, 3.63) is 54.6 Å². The summed E-state index contributed by atoms with van der Waals surface area (Å²) in [6.07, 6.45) is 0. The molecule has 6 heteroatoms. The molecule has 1 aromatic heterocycles. The molecule has 1 aliphatic heterocycles. The van der Waals surface area contributed by atoms with Crippen LogP contribution in [-0.2, 0) is 0 Å². The van der Waals surface area contributed by atoms with E-state index in [0.29, 0.717) is 11.8 Å². The number of rotatable bonds is 4. The Labute approximate surface area is 153 Å². The SMILES string of the molecule is COc1ccccc1N1CCN(c2nc(-c3ccccc3)no2)[C@H](C)C1. The predicted molar refractivity (Wildman–Crippen MR) is 102 cm³/mol. The van der Waals surface area contributed by atoms with Gasteiger partial charge >= 0.3 is 6.01 Å². The molecule has 3 aromatic rings. The number of para-hydroxylation sites is 2. The van der Waals surface area contributed by atoms with Gasteiger partial charge in [-0.3, -0.25) is 0 Å². The molecule has 134 valence electrons. The molecule has 2 heterocycles. The fourth-order valence-electron chi connectivity index (χ4n) is 3.39. The van der Waals surface area contributed by atoms with E-state index >= 15 is 0 Å². The zero-order valence-corrected chi connectivity index (χ0v) is 15.0. The van der Waals surface area contributed by atoms with Crippen LogP contribution in [-0.4, -0.2) is 42.9 Å². The maximum Gasteiger partial charge on any atom is 0.324 e. The normalized spacial score (nSPS) is 17.4. The van der Waals surface area contributed by atoms with Gasteiger partial charge in [0.1, 0.15) is 5.75 Å². The van der Waals surface area contributed by atoms with Gasteiger partial charge in [0, 0.05) is 31.2 Å². The Balaban J connectivity index is 1.50. The monoisotopic (exact) mass is 350 g/mol. The van der Waals surface area contributed by atoms with Crippen LogP contribution in [0, 0.1) is 0 Å². The van der Waals surface area contributed by atoms with Gasteiger partial charge in [-0.25, -0.2) is 0 Å². The van der Waals surface area contributed by atoms with Gasteiger partial charge in [0.25, 0.3) is 0 Å². The quantitative estimate of drug-likeness (QED) is 0.718. The van der Waals surface area contributed by atoms with Gasteiger partial charge in [0.05, 0.1) is 12.8 Å². The van der Waals surface area contributed by atoms with Gasteiger partial charge < -0.3 is 19.1 Å². The highest BCUT2D eigenvalue weighted by molar-refractivity contribution is 5.60. The second-order valence-electron chi connectivity index (χ2n) is 6.43. The molecule has 0 spiro atoms. The molecule has 4 rings (SSSR count). The molecule has 1 atom stereocenters. The van der Waals surface area contributed by atoms with E-state index in [1.807, 2.05) is 48.5 Å². The van der Waals surface area contributed by atoms with Crippen LogP contribution in [0.2, 0.25) is 0 Å². The zero-order chi connectivity index (χ0) is 17.9. The van der Waals surface area contributed by atoms with Crippen molar-refractivity contribution >= 4 is 11.7 Å². The summed E-state index contributed by atoms with van der Waals surface area (Å²) in [7, 11) is 1.71. The Kier molecular flexibility index (Phi) is 4.48. The maximum atomic E-state index is 5.54. The van der Waals surface area contributed by atoms with E-state index in [9.17, 15) is 0 Å². The lowest BCUT2D eigenvalue weighted by Crippen LogP contribution is -2.52. The minimum atomic E-state index is 0.248. The van der Waals surface area contributed by atoms with E-state index in [-0.39, 0.29) is 6.04 Å². The molecule has 0 radical (unpaired) electrons. The third kappa shape index (κ3) is 3.10. The van der Waals surface area contributed by atoms with E-state index in [0.717, 1.165) is 36.6 Å². The number of hydrogen-bond acceptors (Lipinski definition) is 6. The Morgan fingerprint density at radius 2 is 1.81 bits per heavy atom. The number of methoxy groups -OCH3 is 1. The Morgan fingerprint density at radius 3 is 2.58 bits per heavy atom. The van der Waals surface area contributed by atoms with E-state index in [1.165, 1.54) is 0 Å². The summed E-state index contributed by atoms with van der Waals surface area (Å²) < 4.78 is 11.0. The van der Waals surface area contributed by atoms with Crippen molar-refractivity contribution in [2.75, 3.05) is 36.5 Å². The van der Waals surface area contributed by atoms with Crippen molar-refractivity contribution in [3.63, 3.8) is 0 Å². The van der Waals surface area contributed by atoms with Crippen molar-refractivity contribution in [2.45, 2.75) is 13.0 Å². The number of aromatic nitrogens is 2. The van der Waals surface area contributed by atoms with Gasteiger partial charge in [-0.2, -0.15) is 4.98 Å². The second-order valence-corrected chi connectivity index (χ2v) is 6.43. The molecule has 1 fully saturated rings. The van der Waals surface area contributed by atoms with Gasteiger partial charge in [-0.1, -0.05) is 47.6 Å². The topological polar surface area (TPSA) is 54.6 Å². The summed E-state index contributed by atoms with van der Waals surface area (Å²) in [6.45, 7) is 4.72. The summed E-state index contributed by atoms with van der Waals surface area (Å²) in [5.41, 5.74) is 2.08. The average molecular weight is 350 g/mol. The summed E-state index contributed by atoms with van der Waals surface area (Å²) in [5, 5.41) is 4.14. The molecule has 1 aliphatic rings. The van der Waals surface area contributed by atoms with Crippen LogP contribution in [0.1, 0.15) is 6.92 Å². The fraction of sp³-hybridized carbons (Fsp3) is 0.300. The number of anilines is 2. The van der Waals surface area contributed by atoms with E-state index in [1.54, 1.807) is 7.11 Å². The lowest BCUT2D eigenvalue weighted by atomic mass is 10.1. The zero-order valence-electron chi connectivity index (χ0n) is 15.0. The molecule has 26 heavy (non-hydrogen) atoms. The lowest BCUT2D eigenvalue weighted by Gasteiger charge is -2.40. The first-order chi connectivity index (χ1) is 12.8. The van der Waals surface area contributed by atoms with E-state index < -0.39 is 0 Å². The number of piperazine rings is 1. The molecule has 0 saturated carbocycles. The van der Waals surface area contributed by atoms with Crippen molar-refractivity contribution in [3.8, 4) is 17.1 Å². The molecule has 6 nitrogen and oxygen atoms in total. The molecule has 0 unspecified atom stereocenters. The van der Waals surface area contributed by atoms with Crippen LogP contribution in [0.25, 0.3) is 11.4 Å². The largest absolute Gasteiger partial charge is 0.495 e. The van der Waals surface area contributed by atoms with Crippen LogP contribution in [0.4, 0.5) is 11.7 Å². The van der Waals surface area contributed by atoms with E-state index in [4.69, 9.17) is 9.26 Å². The number of hydrogen-bond donors (Lipinski definition) is 0. The number of benzene rings is 2. The van der Waals surface area contributed by atoms with Crippen LogP contribution in [0.15, 0.2) is 59.1 Å². The van der Waals surface area contributed by atoms with Crippen molar-refractivity contribution in [1.29, 1.82) is 0 Å². The summed E-state index contributed by atoms with van der Waals surface area (Å²) in [4.78, 5) is 9.10. The number of nitrogens with zero attached hydrogens (tertiary/aromatic N) is 4. The first-order valence-electron chi connectivity index (χ1n) is 8.80. The molecule has 0 N–H and O–H groups in total. The summed E-state index contributed by atoms with van der Waals surface area (Å²) >= 11 is 0. The molecular weight excluding hydrogens is 328 g/mol. The molecule has 2 aromatic carbocycles. The maximum absolute atomic E-state index is 5.54. The second kappa shape index (κ2) is 7.07. The van der Waals surface area contributed by atoms with Gasteiger partial charge in [-0.15, -0.1) is 0 Å². The highest BCUT2D eigenvalue weighted by Crippen LogP contribution is 2.31. The van der Waals surface area contributed by atoms with Crippen LogP contribution in [0.5, 0.6) is 5.75 Å². The molecule has 0 amide bonds. The molecule has 0 aliphatic carbocycles. The minimum Gasteiger partial charge on any atom is -0.495 e. The van der Waals surface area contributed by atoms with Gasteiger partial charge in [0.15, 0.2) is 0 Å². The highest BCUT2D eigenvalue weighted by atomic mass is 16.5. The van der Waals surface area contributed by atoms with Crippen molar-refractivity contribution in [2.24, 2.45) is 0 Å². The average Bonchev–Trinajstić information content (AvgIpc) is 3.18. The summed E-state index contributed by atoms with van der Waals surface area (Å²) in [5.74, 6) is 1.53. The van der Waals surface area contributed by atoms with Crippen LogP contribution < -0.4 is 14.5 Å². The minimum absolute atomic E-state index is 0.248. The van der Waals surface area contributed by atoms with Crippen molar-refractivity contribution in [1.82, 2.24) is 10.1 Å². The first-order valence-corrected chi connectivity index (χ1v) is 8.80. The van der Waals surface area contributed by atoms with Gasteiger partial charge in [0.2, 0.25) is 5.82 Å². The summed E-state index contributed by atoms with van der Waals surface area (Å²) in [6, 6.07) is 18.8.